The Hall–Kier alpha value is -4.55. The number of ether oxygens (including phenoxy) is 2. The quantitative estimate of drug-likeness (QED) is 0.128. The van der Waals surface area contributed by atoms with Gasteiger partial charge in [0.2, 0.25) is 0 Å². The number of halogens is 2. The summed E-state index contributed by atoms with van der Waals surface area (Å²) in [5.74, 6) is -3.57. The van der Waals surface area contributed by atoms with E-state index in [1.807, 2.05) is 30.3 Å². The number of thiocarbonyl (C=S) groups is 2. The van der Waals surface area contributed by atoms with Gasteiger partial charge in [0.25, 0.3) is 11.8 Å². The topological polar surface area (TPSA) is 109 Å². The zero-order chi connectivity index (χ0) is 35.0. The van der Waals surface area contributed by atoms with Crippen LogP contribution in [0.25, 0.3) is 0 Å². The van der Waals surface area contributed by atoms with Gasteiger partial charge in [0.1, 0.15) is 17.7 Å². The van der Waals surface area contributed by atoms with Crippen molar-refractivity contribution in [1.82, 2.24) is 10.6 Å². The zero-order valence-corrected chi connectivity index (χ0v) is 28.0. The number of aliphatic hydroxyl groups is 1. The van der Waals surface area contributed by atoms with Crippen LogP contribution in [0.3, 0.4) is 0 Å². The minimum atomic E-state index is -1.56. The summed E-state index contributed by atoms with van der Waals surface area (Å²) in [5, 5.41) is 18.9. The largest absolute Gasteiger partial charge is 0.393 e. The Morgan fingerprint density at radius 2 is 1.71 bits per heavy atom. The van der Waals surface area contributed by atoms with E-state index < -0.39 is 53.2 Å². The first-order valence-electron chi connectivity index (χ1n) is 15.4. The number of aliphatic imine (C=N–C) groups is 1. The summed E-state index contributed by atoms with van der Waals surface area (Å²) in [6.07, 6.45) is -2.50. The first-order chi connectivity index (χ1) is 23.6. The number of carbonyl (C=O) groups is 2. The molecule has 12 heteroatoms. The third-order valence-corrected chi connectivity index (χ3v) is 8.75. The molecule has 0 bridgehead atoms. The van der Waals surface area contributed by atoms with Crippen molar-refractivity contribution < 1.29 is 33.0 Å². The average molecular weight is 702 g/mol. The fourth-order valence-electron chi connectivity index (χ4n) is 6.14. The third-order valence-electron chi connectivity index (χ3n) is 8.46. The summed E-state index contributed by atoms with van der Waals surface area (Å²) in [7, 11) is 0. The second-order valence-electron chi connectivity index (χ2n) is 11.7. The SMILES string of the molecule is C[C@H](O)[C@@H]1C[C@H](C(OCc2ccccc2)c2cccc(C(=O)N=C=S)c2)OC[C@@]1(NC(=S)NC(=O)c1ccccc1)c1ccc(F)cc1F. The number of hydrogen-bond donors (Lipinski definition) is 3. The van der Waals surface area contributed by atoms with E-state index in [-0.39, 0.29) is 35.9 Å². The molecule has 5 rings (SSSR count). The highest BCUT2D eigenvalue weighted by Crippen LogP contribution is 2.44. The molecule has 2 amide bonds. The summed E-state index contributed by atoms with van der Waals surface area (Å²) in [6.45, 7) is 1.47. The highest BCUT2D eigenvalue weighted by molar-refractivity contribution is 7.80. The van der Waals surface area contributed by atoms with E-state index >= 15 is 4.39 Å². The van der Waals surface area contributed by atoms with Crippen LogP contribution in [0, 0.1) is 17.6 Å². The van der Waals surface area contributed by atoms with Crippen LogP contribution >= 0.6 is 24.4 Å². The Kier molecular flexibility index (Phi) is 11.8. The molecule has 8 nitrogen and oxygen atoms in total. The van der Waals surface area contributed by atoms with Gasteiger partial charge in [-0.05, 0) is 79.2 Å². The van der Waals surface area contributed by atoms with Gasteiger partial charge < -0.3 is 19.9 Å². The standard InChI is InChI=1S/C37H33F2N3O5S2/c1-23(43)30-19-32(33(46-20-24-9-4-2-5-10-24)26-13-8-14-27(17-26)34(44)40-22-48)47-21-37(30,29-16-15-28(38)18-31(29)39)42-36(49)41-35(45)25-11-6-3-7-12-25/h2-18,23,30,32-33,43H,19-21H2,1H3,(H2,41,42,45,49)/t23-,30-,32+,33?,37+/m0/s1. The van der Waals surface area contributed by atoms with Crippen molar-refractivity contribution in [1.29, 1.82) is 0 Å². The van der Waals surface area contributed by atoms with Gasteiger partial charge in [0, 0.05) is 28.7 Å². The first-order valence-corrected chi connectivity index (χ1v) is 16.2. The molecule has 1 saturated heterocycles. The summed E-state index contributed by atoms with van der Waals surface area (Å²) in [4.78, 5) is 29.1. The molecule has 0 saturated carbocycles. The molecule has 0 aliphatic carbocycles. The number of carbonyl (C=O) groups excluding carboxylic acids is 2. The van der Waals surface area contributed by atoms with Crippen molar-refractivity contribution >= 4 is 46.5 Å². The van der Waals surface area contributed by atoms with E-state index in [4.69, 9.17) is 21.7 Å². The molecular weight excluding hydrogens is 669 g/mol. The maximum absolute atomic E-state index is 15.7. The molecule has 1 unspecified atom stereocenters. The van der Waals surface area contributed by atoms with Gasteiger partial charge in [-0.3, -0.25) is 14.9 Å². The Labute approximate surface area is 293 Å². The summed E-state index contributed by atoms with van der Waals surface area (Å²) in [5.41, 5.74) is 0.513. The van der Waals surface area contributed by atoms with Gasteiger partial charge in [-0.2, -0.15) is 4.99 Å². The van der Waals surface area contributed by atoms with E-state index in [1.54, 1.807) is 61.5 Å². The Morgan fingerprint density at radius 1 is 1.02 bits per heavy atom. The van der Waals surface area contributed by atoms with Gasteiger partial charge in [0.15, 0.2) is 5.11 Å². The maximum Gasteiger partial charge on any atom is 0.285 e. The van der Waals surface area contributed by atoms with Crippen molar-refractivity contribution in [3.05, 3.63) is 143 Å². The Balaban J connectivity index is 1.51. The summed E-state index contributed by atoms with van der Waals surface area (Å²) in [6, 6.07) is 27.7. The maximum atomic E-state index is 15.7. The minimum absolute atomic E-state index is 0.0121. The van der Waals surface area contributed by atoms with Crippen LogP contribution in [0.4, 0.5) is 8.78 Å². The fraction of sp³-hybridized carbons (Fsp3) is 0.243. The number of amides is 2. The van der Waals surface area contributed by atoms with Gasteiger partial charge in [-0.25, -0.2) is 8.78 Å². The zero-order valence-electron chi connectivity index (χ0n) is 26.3. The summed E-state index contributed by atoms with van der Waals surface area (Å²) < 4.78 is 42.8. The second-order valence-corrected chi connectivity index (χ2v) is 12.2. The Bertz CT molecular complexity index is 1860. The number of nitrogens with one attached hydrogen (secondary N) is 2. The smallest absolute Gasteiger partial charge is 0.285 e. The molecular formula is C37H33F2N3O5S2. The molecule has 0 aromatic heterocycles. The van der Waals surface area contributed by atoms with Crippen LogP contribution in [0.15, 0.2) is 108 Å². The van der Waals surface area contributed by atoms with Crippen molar-refractivity contribution in [3.8, 4) is 0 Å². The Morgan fingerprint density at radius 3 is 2.39 bits per heavy atom. The van der Waals surface area contributed by atoms with E-state index in [0.29, 0.717) is 11.1 Å². The van der Waals surface area contributed by atoms with Crippen LogP contribution in [0.2, 0.25) is 0 Å². The lowest BCUT2D eigenvalue weighted by Crippen LogP contribution is -2.63. The molecule has 4 aromatic rings. The lowest BCUT2D eigenvalue weighted by Gasteiger charge is -2.50. The number of hydrogen-bond acceptors (Lipinski definition) is 7. The normalized spacial score (nSPS) is 19.9. The molecule has 49 heavy (non-hydrogen) atoms. The highest BCUT2D eigenvalue weighted by atomic mass is 32.1. The van der Waals surface area contributed by atoms with Crippen LogP contribution in [0.5, 0.6) is 0 Å². The number of aliphatic hydroxyl groups excluding tert-OH is 1. The molecule has 5 atom stereocenters. The molecule has 252 valence electrons. The van der Waals surface area contributed by atoms with E-state index in [0.717, 1.165) is 17.7 Å². The molecule has 0 spiro atoms. The van der Waals surface area contributed by atoms with Crippen molar-refractivity contribution in [3.63, 3.8) is 0 Å². The van der Waals surface area contributed by atoms with Crippen molar-refractivity contribution in [2.75, 3.05) is 6.61 Å². The number of benzene rings is 4. The molecule has 1 heterocycles. The van der Waals surface area contributed by atoms with Gasteiger partial charge in [0.05, 0.1) is 36.1 Å². The van der Waals surface area contributed by atoms with E-state index in [1.165, 1.54) is 6.07 Å². The molecule has 0 radical (unpaired) electrons. The molecule has 1 fully saturated rings. The van der Waals surface area contributed by atoms with Gasteiger partial charge in [-0.1, -0.05) is 66.7 Å². The van der Waals surface area contributed by atoms with Crippen LogP contribution in [-0.2, 0) is 21.6 Å². The van der Waals surface area contributed by atoms with Crippen molar-refractivity contribution in [2.45, 2.75) is 43.8 Å². The number of isothiocyanates is 1. The predicted octanol–water partition coefficient (Wildman–Crippen LogP) is 6.45. The number of nitrogens with zero attached hydrogens (tertiary/aromatic N) is 1. The average Bonchev–Trinajstić information content (AvgIpc) is 3.09. The summed E-state index contributed by atoms with van der Waals surface area (Å²) >= 11 is 10.2. The molecule has 3 N–H and O–H groups in total. The van der Waals surface area contributed by atoms with Gasteiger partial charge >= 0.3 is 0 Å². The monoisotopic (exact) mass is 701 g/mol. The second kappa shape index (κ2) is 16.2. The lowest BCUT2D eigenvalue weighted by molar-refractivity contribution is -0.156. The minimum Gasteiger partial charge on any atom is -0.393 e. The molecule has 4 aromatic carbocycles. The van der Waals surface area contributed by atoms with E-state index in [9.17, 15) is 19.1 Å². The van der Waals surface area contributed by atoms with Gasteiger partial charge in [-0.15, -0.1) is 0 Å². The van der Waals surface area contributed by atoms with Crippen LogP contribution < -0.4 is 10.6 Å². The predicted molar refractivity (Wildman–Crippen MR) is 187 cm³/mol. The van der Waals surface area contributed by atoms with Crippen LogP contribution in [-0.4, -0.2) is 46.0 Å². The van der Waals surface area contributed by atoms with E-state index in [2.05, 4.69) is 33.0 Å². The van der Waals surface area contributed by atoms with Crippen molar-refractivity contribution in [2.24, 2.45) is 10.9 Å². The first kappa shape index (κ1) is 35.7. The molecule has 1 aliphatic rings. The third kappa shape index (κ3) is 8.55. The van der Waals surface area contributed by atoms with Crippen LogP contribution in [0.1, 0.15) is 56.9 Å². The molecule has 1 aliphatic heterocycles. The highest BCUT2D eigenvalue weighted by Gasteiger charge is 2.51. The number of rotatable bonds is 10. The lowest BCUT2D eigenvalue weighted by atomic mass is 9.70. The fourth-order valence-corrected chi connectivity index (χ4v) is 6.50.